The van der Waals surface area contributed by atoms with Gasteiger partial charge in [-0.25, -0.2) is 4.79 Å². The molecule has 1 heterocycles. The Balaban J connectivity index is 2.06. The summed E-state index contributed by atoms with van der Waals surface area (Å²) < 4.78 is 5.88. The summed E-state index contributed by atoms with van der Waals surface area (Å²) in [6.45, 7) is 0. The van der Waals surface area contributed by atoms with E-state index in [-0.39, 0.29) is 12.2 Å². The topological polar surface area (TPSA) is 46.5 Å². The summed E-state index contributed by atoms with van der Waals surface area (Å²) in [5.41, 5.74) is 2.58. The molecular formula is C13H14O3. The number of rotatable bonds is 1. The Morgan fingerprint density at radius 1 is 1.44 bits per heavy atom. The normalized spacial score (nSPS) is 32.1. The Morgan fingerprint density at radius 3 is 3.12 bits per heavy atom. The lowest BCUT2D eigenvalue weighted by Crippen LogP contribution is -2.17. The minimum atomic E-state index is -0.841. The van der Waals surface area contributed by atoms with Gasteiger partial charge in [-0.05, 0) is 30.9 Å². The van der Waals surface area contributed by atoms with Gasteiger partial charge in [0.15, 0.2) is 0 Å². The third-order valence-corrected chi connectivity index (χ3v) is 3.56. The highest BCUT2D eigenvalue weighted by Gasteiger charge is 2.38. The highest BCUT2D eigenvalue weighted by molar-refractivity contribution is 5.93. The van der Waals surface area contributed by atoms with Crippen molar-refractivity contribution >= 4 is 5.97 Å². The number of hydrogen-bond donors (Lipinski definition) is 1. The molecule has 2 aliphatic carbocycles. The number of hydrogen-bond acceptors (Lipinski definition) is 2. The second kappa shape index (κ2) is 3.59. The van der Waals surface area contributed by atoms with E-state index in [2.05, 4.69) is 0 Å². The average Bonchev–Trinajstić information content (AvgIpc) is 2.66. The predicted octanol–water partition coefficient (Wildman–Crippen LogP) is 2.21. The Kier molecular flexibility index (Phi) is 2.21. The molecule has 0 aromatic rings. The van der Waals surface area contributed by atoms with Gasteiger partial charge >= 0.3 is 5.97 Å². The van der Waals surface area contributed by atoms with Gasteiger partial charge < -0.3 is 9.84 Å². The fraction of sp³-hybridized carbons (Fsp3) is 0.462. The molecule has 3 aliphatic rings. The van der Waals surface area contributed by atoms with Gasteiger partial charge in [-0.2, -0.15) is 0 Å². The van der Waals surface area contributed by atoms with Crippen molar-refractivity contribution in [2.45, 2.75) is 37.9 Å². The van der Waals surface area contributed by atoms with Crippen LogP contribution in [0, 0.1) is 0 Å². The van der Waals surface area contributed by atoms with Gasteiger partial charge in [-0.3, -0.25) is 0 Å². The highest BCUT2D eigenvalue weighted by Crippen LogP contribution is 2.41. The quantitative estimate of drug-likeness (QED) is 0.734. The summed E-state index contributed by atoms with van der Waals surface area (Å²) >= 11 is 0. The number of aliphatic carboxylic acids is 1. The van der Waals surface area contributed by atoms with Crippen LogP contribution in [0.4, 0.5) is 0 Å². The van der Waals surface area contributed by atoms with Crippen LogP contribution >= 0.6 is 0 Å². The Hall–Kier alpha value is -1.35. The molecule has 1 N–H and O–H groups in total. The monoisotopic (exact) mass is 218 g/mol. The van der Waals surface area contributed by atoms with Crippen molar-refractivity contribution in [3.63, 3.8) is 0 Å². The molecule has 0 aromatic carbocycles. The minimum Gasteiger partial charge on any atom is -0.478 e. The second-order valence-corrected chi connectivity index (χ2v) is 4.50. The zero-order valence-electron chi connectivity index (χ0n) is 8.98. The number of allylic oxidation sites excluding steroid dienone is 2. The van der Waals surface area contributed by atoms with E-state index in [0.717, 1.165) is 24.8 Å². The molecule has 3 heteroatoms. The third-order valence-electron chi connectivity index (χ3n) is 3.56. The first kappa shape index (κ1) is 9.85. The molecule has 0 bridgehead atoms. The molecule has 0 spiro atoms. The fourth-order valence-electron chi connectivity index (χ4n) is 2.86. The van der Waals surface area contributed by atoms with Crippen LogP contribution in [0.5, 0.6) is 0 Å². The molecule has 0 radical (unpaired) electrons. The molecule has 1 saturated carbocycles. The van der Waals surface area contributed by atoms with Crippen LogP contribution in [0.25, 0.3) is 0 Å². The van der Waals surface area contributed by atoms with E-state index in [1.807, 2.05) is 6.08 Å². The van der Waals surface area contributed by atoms with Crippen LogP contribution < -0.4 is 0 Å². The Labute approximate surface area is 94.1 Å². The molecular weight excluding hydrogens is 204 g/mol. The van der Waals surface area contributed by atoms with E-state index >= 15 is 0 Å². The van der Waals surface area contributed by atoms with Crippen molar-refractivity contribution in [2.24, 2.45) is 0 Å². The molecule has 0 amide bonds. The van der Waals surface area contributed by atoms with Crippen LogP contribution in [-0.2, 0) is 9.53 Å². The van der Waals surface area contributed by atoms with Crippen molar-refractivity contribution in [2.75, 3.05) is 0 Å². The number of ether oxygens (including phenoxy) is 1. The number of carbonyl (C=O) groups is 1. The van der Waals surface area contributed by atoms with Crippen molar-refractivity contribution in [1.82, 2.24) is 0 Å². The van der Waals surface area contributed by atoms with Crippen LogP contribution in [0.3, 0.4) is 0 Å². The largest absolute Gasteiger partial charge is 0.478 e. The molecule has 0 saturated heterocycles. The predicted molar refractivity (Wildman–Crippen MR) is 59.0 cm³/mol. The maximum Gasteiger partial charge on any atom is 0.336 e. The molecule has 2 atom stereocenters. The van der Waals surface area contributed by atoms with Crippen molar-refractivity contribution in [1.29, 1.82) is 0 Å². The Bertz CT molecular complexity index is 428. The molecule has 3 nitrogen and oxygen atoms in total. The summed E-state index contributed by atoms with van der Waals surface area (Å²) in [6, 6.07) is 0. The highest BCUT2D eigenvalue weighted by atomic mass is 16.5. The van der Waals surface area contributed by atoms with Gasteiger partial charge in [0.1, 0.15) is 6.10 Å². The zero-order chi connectivity index (χ0) is 11.1. The van der Waals surface area contributed by atoms with Crippen molar-refractivity contribution in [3.05, 3.63) is 34.9 Å². The molecule has 84 valence electrons. The molecule has 1 aliphatic heterocycles. The average molecular weight is 218 g/mol. The first-order valence-corrected chi connectivity index (χ1v) is 5.78. The summed E-state index contributed by atoms with van der Waals surface area (Å²) in [5, 5.41) is 9.18. The SMILES string of the molecule is O=C(O)C1=CC=CC2OC3CCCCC3=C12. The minimum absolute atomic E-state index is 0.116. The van der Waals surface area contributed by atoms with E-state index in [1.165, 1.54) is 12.0 Å². The molecule has 2 unspecified atom stereocenters. The van der Waals surface area contributed by atoms with Crippen molar-refractivity contribution < 1.29 is 14.6 Å². The van der Waals surface area contributed by atoms with Crippen LogP contribution in [-0.4, -0.2) is 23.3 Å². The number of carboxylic acid groups (broad SMARTS) is 1. The molecule has 3 rings (SSSR count). The fourth-order valence-corrected chi connectivity index (χ4v) is 2.86. The van der Waals surface area contributed by atoms with E-state index in [1.54, 1.807) is 12.2 Å². The number of fused-ring (bicyclic) bond motifs is 2. The van der Waals surface area contributed by atoms with E-state index < -0.39 is 5.97 Å². The molecule has 0 aromatic heterocycles. The maximum atomic E-state index is 11.2. The number of carboxylic acids is 1. The van der Waals surface area contributed by atoms with Gasteiger partial charge in [-0.1, -0.05) is 18.6 Å². The zero-order valence-corrected chi connectivity index (χ0v) is 8.98. The van der Waals surface area contributed by atoms with E-state index in [4.69, 9.17) is 4.74 Å². The van der Waals surface area contributed by atoms with Gasteiger partial charge in [0, 0.05) is 5.57 Å². The molecule has 16 heavy (non-hydrogen) atoms. The van der Waals surface area contributed by atoms with E-state index in [0.29, 0.717) is 5.57 Å². The lowest BCUT2D eigenvalue weighted by molar-refractivity contribution is -0.132. The van der Waals surface area contributed by atoms with Crippen LogP contribution in [0.15, 0.2) is 34.9 Å². The third kappa shape index (κ3) is 1.35. The summed E-state index contributed by atoms with van der Waals surface area (Å²) in [4.78, 5) is 11.2. The first-order chi connectivity index (χ1) is 7.77. The lowest BCUT2D eigenvalue weighted by atomic mass is 9.85. The van der Waals surface area contributed by atoms with Crippen molar-refractivity contribution in [3.8, 4) is 0 Å². The van der Waals surface area contributed by atoms with Gasteiger partial charge in [0.05, 0.1) is 11.7 Å². The van der Waals surface area contributed by atoms with Gasteiger partial charge in [-0.15, -0.1) is 0 Å². The standard InChI is InChI=1S/C13H14O3/c14-13(15)9-5-3-7-11-12(9)8-4-1-2-6-10(8)16-11/h3,5,7,10-11H,1-2,4,6H2,(H,14,15). The van der Waals surface area contributed by atoms with E-state index in [9.17, 15) is 9.90 Å². The van der Waals surface area contributed by atoms with Gasteiger partial charge in [0.2, 0.25) is 0 Å². The smallest absolute Gasteiger partial charge is 0.336 e. The first-order valence-electron chi connectivity index (χ1n) is 5.78. The second-order valence-electron chi connectivity index (χ2n) is 4.50. The lowest BCUT2D eigenvalue weighted by Gasteiger charge is -2.20. The Morgan fingerprint density at radius 2 is 2.31 bits per heavy atom. The van der Waals surface area contributed by atoms with Gasteiger partial charge in [0.25, 0.3) is 0 Å². The summed E-state index contributed by atoms with van der Waals surface area (Å²) in [6.07, 6.45) is 9.84. The maximum absolute atomic E-state index is 11.2. The van der Waals surface area contributed by atoms with Crippen LogP contribution in [0.1, 0.15) is 25.7 Å². The summed E-state index contributed by atoms with van der Waals surface area (Å²) in [7, 11) is 0. The molecule has 1 fully saturated rings. The summed E-state index contributed by atoms with van der Waals surface area (Å²) in [5.74, 6) is -0.841. The van der Waals surface area contributed by atoms with Crippen LogP contribution in [0.2, 0.25) is 0 Å².